The zero-order chi connectivity index (χ0) is 20.3. The molecule has 28 heavy (non-hydrogen) atoms. The van der Waals surface area contributed by atoms with Crippen LogP contribution in [-0.2, 0) is 4.79 Å². The topological polar surface area (TPSA) is 52.7 Å². The average molecular weight is 387 g/mol. The molecule has 0 spiro atoms. The van der Waals surface area contributed by atoms with E-state index in [1.807, 2.05) is 9.80 Å². The van der Waals surface area contributed by atoms with Gasteiger partial charge >= 0.3 is 0 Å². The summed E-state index contributed by atoms with van der Waals surface area (Å²) in [6, 6.07) is 8.79. The third-order valence-electron chi connectivity index (χ3n) is 4.91. The number of nitrogens with one attached hydrogen (secondary N) is 1. The molecule has 1 saturated heterocycles. The third-order valence-corrected chi connectivity index (χ3v) is 4.91. The highest BCUT2D eigenvalue weighted by Crippen LogP contribution is 2.22. The van der Waals surface area contributed by atoms with Gasteiger partial charge in [-0.25, -0.2) is 8.78 Å². The number of nitrogens with zero attached hydrogens (tertiary/aromatic N) is 2. The number of carbonyl (C=O) groups is 2. The number of anilines is 2. The van der Waals surface area contributed by atoms with Gasteiger partial charge in [0.25, 0.3) is 0 Å². The van der Waals surface area contributed by atoms with Gasteiger partial charge in [-0.1, -0.05) is 6.07 Å². The Bertz CT molecular complexity index is 893. The summed E-state index contributed by atoms with van der Waals surface area (Å²) in [7, 11) is 0. The summed E-state index contributed by atoms with van der Waals surface area (Å²) >= 11 is 0. The Hall–Kier alpha value is -2.80. The Kier molecular flexibility index (Phi) is 6.04. The van der Waals surface area contributed by atoms with E-state index in [-0.39, 0.29) is 18.2 Å². The van der Waals surface area contributed by atoms with E-state index in [0.717, 1.165) is 5.56 Å². The zero-order valence-corrected chi connectivity index (χ0v) is 16.0. The van der Waals surface area contributed by atoms with Crippen LogP contribution in [0.4, 0.5) is 20.2 Å². The molecule has 1 N–H and O–H groups in total. The number of piperazine rings is 1. The van der Waals surface area contributed by atoms with Gasteiger partial charge in [-0.15, -0.1) is 0 Å². The third kappa shape index (κ3) is 4.72. The van der Waals surface area contributed by atoms with Crippen LogP contribution >= 0.6 is 0 Å². The van der Waals surface area contributed by atoms with Crippen molar-refractivity contribution < 1.29 is 18.4 Å². The number of hydrogen-bond donors (Lipinski definition) is 1. The van der Waals surface area contributed by atoms with E-state index in [0.29, 0.717) is 43.1 Å². The number of amides is 1. The molecule has 5 nitrogen and oxygen atoms in total. The number of aryl methyl sites for hydroxylation is 1. The minimum atomic E-state index is -0.416. The van der Waals surface area contributed by atoms with Gasteiger partial charge in [0.15, 0.2) is 5.78 Å². The molecule has 1 aliphatic heterocycles. The number of carbonyl (C=O) groups excluding carboxylic acids is 2. The Labute approximate surface area is 162 Å². The Balaban J connectivity index is 1.55. The quantitative estimate of drug-likeness (QED) is 0.801. The van der Waals surface area contributed by atoms with Gasteiger partial charge in [0, 0.05) is 37.4 Å². The molecule has 1 aliphatic rings. The van der Waals surface area contributed by atoms with Crippen molar-refractivity contribution in [2.45, 2.75) is 13.8 Å². The number of ketones is 1. The molecule has 0 bridgehead atoms. The molecule has 0 aliphatic carbocycles. The SMILES string of the molecule is CC(=O)c1ccc(N2CCN(CC(=O)Nc3cc(F)ccc3C)CC2)c(F)c1. The Morgan fingerprint density at radius 2 is 1.75 bits per heavy atom. The van der Waals surface area contributed by atoms with Gasteiger partial charge in [0.1, 0.15) is 11.6 Å². The normalized spacial score (nSPS) is 14.8. The van der Waals surface area contributed by atoms with Gasteiger partial charge in [-0.3, -0.25) is 14.5 Å². The number of hydrogen-bond acceptors (Lipinski definition) is 4. The van der Waals surface area contributed by atoms with Crippen molar-refractivity contribution in [1.82, 2.24) is 4.90 Å². The van der Waals surface area contributed by atoms with Crippen LogP contribution in [0.25, 0.3) is 0 Å². The number of halogens is 2. The molecule has 0 radical (unpaired) electrons. The summed E-state index contributed by atoms with van der Waals surface area (Å²) in [6.07, 6.45) is 0. The second kappa shape index (κ2) is 8.48. The van der Waals surface area contributed by atoms with E-state index in [1.54, 1.807) is 25.1 Å². The lowest BCUT2D eigenvalue weighted by molar-refractivity contribution is -0.117. The van der Waals surface area contributed by atoms with Gasteiger partial charge in [-0.05, 0) is 49.7 Å². The molecule has 0 atom stereocenters. The maximum Gasteiger partial charge on any atom is 0.238 e. The van der Waals surface area contributed by atoms with Crippen molar-refractivity contribution in [3.63, 3.8) is 0 Å². The first-order valence-electron chi connectivity index (χ1n) is 9.17. The van der Waals surface area contributed by atoms with E-state index < -0.39 is 11.6 Å². The highest BCUT2D eigenvalue weighted by Gasteiger charge is 2.21. The van der Waals surface area contributed by atoms with Gasteiger partial charge in [0.2, 0.25) is 5.91 Å². The van der Waals surface area contributed by atoms with Crippen LogP contribution in [0.15, 0.2) is 36.4 Å². The highest BCUT2D eigenvalue weighted by atomic mass is 19.1. The second-order valence-corrected chi connectivity index (χ2v) is 6.99. The van der Waals surface area contributed by atoms with Crippen LogP contribution in [0, 0.1) is 18.6 Å². The first-order valence-corrected chi connectivity index (χ1v) is 9.17. The molecule has 2 aromatic rings. The molecule has 3 rings (SSSR count). The van der Waals surface area contributed by atoms with E-state index in [4.69, 9.17) is 0 Å². The largest absolute Gasteiger partial charge is 0.367 e. The molecule has 2 aromatic carbocycles. The van der Waals surface area contributed by atoms with Gasteiger partial charge in [-0.2, -0.15) is 0 Å². The summed E-state index contributed by atoms with van der Waals surface area (Å²) in [5.74, 6) is -1.19. The molecule has 1 heterocycles. The maximum atomic E-state index is 14.3. The monoisotopic (exact) mass is 387 g/mol. The summed E-state index contributed by atoms with van der Waals surface area (Å²) < 4.78 is 27.7. The predicted molar refractivity (Wildman–Crippen MR) is 105 cm³/mol. The number of Topliss-reactive ketones (excluding diaryl/α,β-unsaturated/α-hetero) is 1. The number of benzene rings is 2. The van der Waals surface area contributed by atoms with Crippen molar-refractivity contribution in [3.8, 4) is 0 Å². The molecule has 0 saturated carbocycles. The van der Waals surface area contributed by atoms with Crippen molar-refractivity contribution >= 4 is 23.1 Å². The first kappa shape index (κ1) is 19.9. The highest BCUT2D eigenvalue weighted by molar-refractivity contribution is 5.94. The fourth-order valence-electron chi connectivity index (χ4n) is 3.25. The van der Waals surface area contributed by atoms with Gasteiger partial charge < -0.3 is 10.2 Å². The van der Waals surface area contributed by atoms with Crippen molar-refractivity contribution in [3.05, 3.63) is 59.2 Å². The summed E-state index contributed by atoms with van der Waals surface area (Å²) in [5, 5.41) is 2.74. The maximum absolute atomic E-state index is 14.3. The molecule has 148 valence electrons. The predicted octanol–water partition coefficient (Wildman–Crippen LogP) is 3.24. The average Bonchev–Trinajstić information content (AvgIpc) is 2.65. The summed E-state index contributed by atoms with van der Waals surface area (Å²) in [6.45, 7) is 5.75. The van der Waals surface area contributed by atoms with E-state index >= 15 is 0 Å². The number of rotatable bonds is 5. The molecular formula is C21H23F2N3O2. The standard InChI is InChI=1S/C21H23F2N3O2/c1-14-3-5-17(22)12-19(14)24-21(28)13-25-7-9-26(10-8-25)20-6-4-16(15(2)27)11-18(20)23/h3-6,11-12H,7-10,13H2,1-2H3,(H,24,28). The summed E-state index contributed by atoms with van der Waals surface area (Å²) in [4.78, 5) is 27.5. The van der Waals surface area contributed by atoms with Crippen LogP contribution in [0.2, 0.25) is 0 Å². The Morgan fingerprint density at radius 1 is 1.04 bits per heavy atom. The summed E-state index contributed by atoms with van der Waals surface area (Å²) in [5.41, 5.74) is 2.08. The zero-order valence-electron chi connectivity index (χ0n) is 16.0. The smallest absolute Gasteiger partial charge is 0.238 e. The fourth-order valence-corrected chi connectivity index (χ4v) is 3.25. The molecular weight excluding hydrogens is 364 g/mol. The van der Waals surface area contributed by atoms with E-state index in [1.165, 1.54) is 25.1 Å². The van der Waals surface area contributed by atoms with E-state index in [2.05, 4.69) is 5.32 Å². The van der Waals surface area contributed by atoms with Gasteiger partial charge in [0.05, 0.1) is 12.2 Å². The lowest BCUT2D eigenvalue weighted by atomic mass is 10.1. The van der Waals surface area contributed by atoms with Crippen LogP contribution in [0.1, 0.15) is 22.8 Å². The van der Waals surface area contributed by atoms with Crippen molar-refractivity contribution in [1.29, 1.82) is 0 Å². The van der Waals surface area contributed by atoms with Crippen LogP contribution in [0.3, 0.4) is 0 Å². The van der Waals surface area contributed by atoms with Crippen molar-refractivity contribution in [2.24, 2.45) is 0 Å². The molecule has 0 aromatic heterocycles. The Morgan fingerprint density at radius 3 is 2.39 bits per heavy atom. The minimum absolute atomic E-state index is 0.171. The first-order chi connectivity index (χ1) is 13.3. The van der Waals surface area contributed by atoms with Crippen LogP contribution < -0.4 is 10.2 Å². The molecule has 7 heteroatoms. The minimum Gasteiger partial charge on any atom is -0.367 e. The van der Waals surface area contributed by atoms with Crippen LogP contribution in [0.5, 0.6) is 0 Å². The van der Waals surface area contributed by atoms with Crippen molar-refractivity contribution in [2.75, 3.05) is 42.9 Å². The lowest BCUT2D eigenvalue weighted by Gasteiger charge is -2.35. The fraction of sp³-hybridized carbons (Fsp3) is 0.333. The van der Waals surface area contributed by atoms with E-state index in [9.17, 15) is 18.4 Å². The lowest BCUT2D eigenvalue weighted by Crippen LogP contribution is -2.49. The second-order valence-electron chi connectivity index (χ2n) is 6.99. The van der Waals surface area contributed by atoms with Crippen LogP contribution in [-0.4, -0.2) is 49.3 Å². The molecule has 0 unspecified atom stereocenters. The molecule has 1 amide bonds. The molecule has 1 fully saturated rings.